The van der Waals surface area contributed by atoms with Gasteiger partial charge in [0.1, 0.15) is 0 Å². The molecule has 0 aromatic carbocycles. The van der Waals surface area contributed by atoms with Crippen molar-refractivity contribution in [2.45, 2.75) is 104 Å². The van der Waals surface area contributed by atoms with Gasteiger partial charge < -0.3 is 25.2 Å². The van der Waals surface area contributed by atoms with E-state index in [1.54, 1.807) is 0 Å². The zero-order valence-electron chi connectivity index (χ0n) is 22.0. The number of ether oxygens (including phenoxy) is 1. The summed E-state index contributed by atoms with van der Waals surface area (Å²) in [5.74, 6) is 0.948. The predicted molar refractivity (Wildman–Crippen MR) is 130 cm³/mol. The van der Waals surface area contributed by atoms with Gasteiger partial charge in [-0.05, 0) is 90.8 Å². The van der Waals surface area contributed by atoms with Crippen molar-refractivity contribution in [1.82, 2.24) is 0 Å². The molecule has 0 radical (unpaired) electrons. The number of rotatable bonds is 5. The van der Waals surface area contributed by atoms with Crippen LogP contribution in [0.25, 0.3) is 0 Å². The van der Waals surface area contributed by atoms with Crippen LogP contribution >= 0.6 is 0 Å². The van der Waals surface area contributed by atoms with Crippen LogP contribution in [-0.4, -0.2) is 57.4 Å². The van der Waals surface area contributed by atoms with E-state index in [2.05, 4.69) is 34.6 Å². The third kappa shape index (κ3) is 4.05. The van der Waals surface area contributed by atoms with Crippen molar-refractivity contribution < 1.29 is 30.0 Å². The molecule has 3 aliphatic carbocycles. The van der Waals surface area contributed by atoms with Crippen LogP contribution in [0.2, 0.25) is 0 Å². The van der Waals surface area contributed by atoms with Crippen molar-refractivity contribution >= 4 is 5.97 Å². The normalized spacial score (nSPS) is 48.1. The molecule has 0 bridgehead atoms. The Morgan fingerprint density at radius 1 is 0.912 bits per heavy atom. The molecule has 1 saturated heterocycles. The van der Waals surface area contributed by atoms with Crippen molar-refractivity contribution in [3.05, 3.63) is 0 Å². The maximum Gasteiger partial charge on any atom is 0.309 e. The quantitative estimate of drug-likeness (QED) is 0.450. The van der Waals surface area contributed by atoms with Crippen LogP contribution in [0, 0.1) is 58.2 Å². The van der Waals surface area contributed by atoms with Crippen LogP contribution in [0.3, 0.4) is 0 Å². The number of carbonyl (C=O) groups is 1. The first-order valence-electron chi connectivity index (χ1n) is 13.7. The highest BCUT2D eigenvalue weighted by atomic mass is 16.5. The topological polar surface area (TPSA) is 107 Å². The molecule has 6 nitrogen and oxygen atoms in total. The Morgan fingerprint density at radius 2 is 1.56 bits per heavy atom. The molecule has 4 aliphatic rings. The SMILES string of the molecule is CC(C)[C@H](C)[C@@H](O)[C@H](O)[C@H](C)[C@@H]1CC[C@@H]2[C@@H]3COC(=O)[C@@H]4C[C@H](O)[C@@H](O)C[C@]4(C)[C@H]3CC[C@@]21C. The summed E-state index contributed by atoms with van der Waals surface area (Å²) in [6.07, 6.45) is 1.61. The maximum atomic E-state index is 13.0. The van der Waals surface area contributed by atoms with Gasteiger partial charge in [-0.2, -0.15) is 0 Å². The monoisotopic (exact) mass is 480 g/mol. The lowest BCUT2D eigenvalue weighted by atomic mass is 9.48. The summed E-state index contributed by atoms with van der Waals surface area (Å²) in [7, 11) is 0. The number of cyclic esters (lactones) is 1. The Morgan fingerprint density at radius 3 is 2.21 bits per heavy atom. The van der Waals surface area contributed by atoms with E-state index in [1.807, 2.05) is 6.92 Å². The number of aliphatic hydroxyl groups excluding tert-OH is 4. The van der Waals surface area contributed by atoms with Crippen molar-refractivity contribution in [2.75, 3.05) is 6.61 Å². The highest BCUT2D eigenvalue weighted by Gasteiger charge is 2.63. The largest absolute Gasteiger partial charge is 0.465 e. The molecule has 0 aromatic heterocycles. The Balaban J connectivity index is 1.58. The van der Waals surface area contributed by atoms with E-state index in [9.17, 15) is 25.2 Å². The third-order valence-electron chi connectivity index (χ3n) is 11.5. The second-order valence-corrected chi connectivity index (χ2v) is 13.3. The van der Waals surface area contributed by atoms with Crippen LogP contribution in [0.1, 0.15) is 80.1 Å². The Labute approximate surface area is 205 Å². The lowest BCUT2D eigenvalue weighted by Crippen LogP contribution is -2.55. The van der Waals surface area contributed by atoms with Crippen LogP contribution in [-0.2, 0) is 9.53 Å². The van der Waals surface area contributed by atoms with E-state index in [4.69, 9.17) is 4.74 Å². The third-order valence-corrected chi connectivity index (χ3v) is 11.5. The number of fused-ring (bicyclic) bond motifs is 5. The van der Waals surface area contributed by atoms with E-state index >= 15 is 0 Å². The van der Waals surface area contributed by atoms with Gasteiger partial charge in [-0.1, -0.05) is 41.5 Å². The van der Waals surface area contributed by atoms with E-state index in [-0.39, 0.29) is 52.8 Å². The van der Waals surface area contributed by atoms with Gasteiger partial charge in [0, 0.05) is 0 Å². The minimum absolute atomic E-state index is 0.00827. The summed E-state index contributed by atoms with van der Waals surface area (Å²) in [6.45, 7) is 13.2. The number of hydrogen-bond acceptors (Lipinski definition) is 6. The molecule has 4 N–H and O–H groups in total. The average Bonchev–Trinajstić information content (AvgIpc) is 3.09. The smallest absolute Gasteiger partial charge is 0.309 e. The minimum atomic E-state index is -0.867. The Hall–Kier alpha value is -0.690. The van der Waals surface area contributed by atoms with Gasteiger partial charge in [-0.25, -0.2) is 0 Å². The Bertz CT molecular complexity index is 755. The summed E-state index contributed by atoms with van der Waals surface area (Å²) in [5, 5.41) is 42.9. The second kappa shape index (κ2) is 9.32. The fourth-order valence-corrected chi connectivity index (χ4v) is 8.95. The maximum absolute atomic E-state index is 13.0. The highest BCUT2D eigenvalue weighted by molar-refractivity contribution is 5.74. The molecule has 0 aromatic rings. The van der Waals surface area contributed by atoms with E-state index < -0.39 is 24.4 Å². The highest BCUT2D eigenvalue weighted by Crippen LogP contribution is 2.66. The van der Waals surface area contributed by atoms with Crippen LogP contribution in [0.15, 0.2) is 0 Å². The molecule has 34 heavy (non-hydrogen) atoms. The molecule has 196 valence electrons. The number of hydrogen-bond donors (Lipinski definition) is 4. The molecule has 0 amide bonds. The first-order valence-corrected chi connectivity index (χ1v) is 13.7. The number of carbonyl (C=O) groups excluding carboxylic acids is 1. The molecule has 13 atom stereocenters. The van der Waals surface area contributed by atoms with Gasteiger partial charge in [0.25, 0.3) is 0 Å². The van der Waals surface area contributed by atoms with Gasteiger partial charge in [0.2, 0.25) is 0 Å². The van der Waals surface area contributed by atoms with Crippen LogP contribution in [0.4, 0.5) is 0 Å². The van der Waals surface area contributed by atoms with Gasteiger partial charge in [-0.3, -0.25) is 4.79 Å². The molecular formula is C28H48O6. The zero-order valence-corrected chi connectivity index (χ0v) is 22.0. The van der Waals surface area contributed by atoms with Gasteiger partial charge in [-0.15, -0.1) is 0 Å². The van der Waals surface area contributed by atoms with Gasteiger partial charge in [0.05, 0.1) is 36.9 Å². The second-order valence-electron chi connectivity index (χ2n) is 13.3. The van der Waals surface area contributed by atoms with Gasteiger partial charge in [0.15, 0.2) is 0 Å². The molecular weight excluding hydrogens is 432 g/mol. The zero-order chi connectivity index (χ0) is 25.2. The molecule has 0 spiro atoms. The fraction of sp³-hybridized carbons (Fsp3) is 0.964. The summed E-state index contributed by atoms with van der Waals surface area (Å²) in [4.78, 5) is 13.0. The summed E-state index contributed by atoms with van der Waals surface area (Å²) >= 11 is 0. The summed E-state index contributed by atoms with van der Waals surface area (Å²) in [6, 6.07) is 0. The van der Waals surface area contributed by atoms with Crippen LogP contribution < -0.4 is 0 Å². The fourth-order valence-electron chi connectivity index (χ4n) is 8.95. The standard InChI is InChI=1S/C28H48O6/c1-14(2)15(3)24(31)25(32)16(4)18-7-8-19-17-13-34-26(33)21-11-22(29)23(30)12-28(21,6)20(17)9-10-27(18,19)5/h14-25,29-32H,7-13H2,1-6H3/t15-,16+,17-,18-,19+,20-,21-,22-,23-,24+,25+,27+,28+/m0/s1. The van der Waals surface area contributed by atoms with Crippen molar-refractivity contribution in [2.24, 2.45) is 58.2 Å². The molecule has 6 heteroatoms. The summed E-state index contributed by atoms with van der Waals surface area (Å²) < 4.78 is 5.86. The number of aliphatic hydroxyl groups is 4. The first-order chi connectivity index (χ1) is 15.8. The molecule has 4 fully saturated rings. The van der Waals surface area contributed by atoms with Gasteiger partial charge >= 0.3 is 5.97 Å². The molecule has 1 heterocycles. The Kier molecular flexibility index (Phi) is 7.23. The van der Waals surface area contributed by atoms with Crippen molar-refractivity contribution in [3.8, 4) is 0 Å². The molecule has 1 aliphatic heterocycles. The van der Waals surface area contributed by atoms with Crippen molar-refractivity contribution in [1.29, 1.82) is 0 Å². The van der Waals surface area contributed by atoms with E-state index in [0.29, 0.717) is 30.8 Å². The molecule has 0 unspecified atom stereocenters. The van der Waals surface area contributed by atoms with Crippen LogP contribution in [0.5, 0.6) is 0 Å². The minimum Gasteiger partial charge on any atom is -0.465 e. The first kappa shape index (κ1) is 26.4. The van der Waals surface area contributed by atoms with Crippen molar-refractivity contribution in [3.63, 3.8) is 0 Å². The lowest BCUT2D eigenvalue weighted by molar-refractivity contribution is -0.162. The number of esters is 1. The predicted octanol–water partition coefficient (Wildman–Crippen LogP) is 3.39. The molecule has 4 rings (SSSR count). The summed E-state index contributed by atoms with van der Waals surface area (Å²) in [5.41, 5.74) is -0.345. The van der Waals surface area contributed by atoms with E-state index in [0.717, 1.165) is 25.7 Å². The molecule has 3 saturated carbocycles. The average molecular weight is 481 g/mol. The lowest BCUT2D eigenvalue weighted by Gasteiger charge is -2.56. The van der Waals surface area contributed by atoms with E-state index in [1.165, 1.54) is 0 Å².